The molecule has 0 aliphatic rings. The van der Waals surface area contributed by atoms with E-state index in [2.05, 4.69) is 10.5 Å². The third kappa shape index (κ3) is 3.93. The molecular formula is C13H8Cl2N4O4. The lowest BCUT2D eigenvalue weighted by Crippen LogP contribution is -1.99. The Bertz CT molecular complexity index is 811. The van der Waals surface area contributed by atoms with Crippen LogP contribution in [0.5, 0.6) is 0 Å². The number of hydrogen-bond donors (Lipinski definition) is 1. The molecule has 0 saturated carbocycles. The first-order valence-corrected chi connectivity index (χ1v) is 6.81. The number of nitrogens with zero attached hydrogens (tertiary/aromatic N) is 3. The number of benzene rings is 2. The molecule has 0 radical (unpaired) electrons. The number of anilines is 1. The summed E-state index contributed by atoms with van der Waals surface area (Å²) in [5.74, 6) is 0. The first-order chi connectivity index (χ1) is 10.9. The van der Waals surface area contributed by atoms with Crippen molar-refractivity contribution in [2.45, 2.75) is 0 Å². The highest BCUT2D eigenvalue weighted by Crippen LogP contribution is 2.29. The van der Waals surface area contributed by atoms with Crippen molar-refractivity contribution >= 4 is 46.5 Å². The summed E-state index contributed by atoms with van der Waals surface area (Å²) in [5, 5.41) is 26.1. The van der Waals surface area contributed by atoms with Gasteiger partial charge < -0.3 is 0 Å². The van der Waals surface area contributed by atoms with Gasteiger partial charge in [0.15, 0.2) is 0 Å². The Kier molecular flexibility index (Phi) is 5.09. The van der Waals surface area contributed by atoms with E-state index < -0.39 is 15.5 Å². The molecule has 0 fully saturated rings. The summed E-state index contributed by atoms with van der Waals surface area (Å²) in [4.78, 5) is 20.2. The number of nitro benzene ring substituents is 2. The number of hydrogen-bond acceptors (Lipinski definition) is 6. The predicted molar refractivity (Wildman–Crippen MR) is 87.4 cm³/mol. The minimum absolute atomic E-state index is 0.00926. The van der Waals surface area contributed by atoms with E-state index in [4.69, 9.17) is 23.2 Å². The van der Waals surface area contributed by atoms with Crippen LogP contribution in [0.3, 0.4) is 0 Å². The van der Waals surface area contributed by atoms with Gasteiger partial charge in [0.25, 0.3) is 5.69 Å². The van der Waals surface area contributed by atoms with Crippen molar-refractivity contribution < 1.29 is 9.85 Å². The largest absolute Gasteiger partial charge is 0.301 e. The zero-order chi connectivity index (χ0) is 17.0. The van der Waals surface area contributed by atoms with Crippen LogP contribution in [0, 0.1) is 20.2 Å². The number of nitro groups is 2. The fourth-order valence-electron chi connectivity index (χ4n) is 1.67. The average molecular weight is 355 g/mol. The number of non-ortho nitro benzene ring substituents is 1. The van der Waals surface area contributed by atoms with Gasteiger partial charge in [-0.05, 0) is 12.1 Å². The summed E-state index contributed by atoms with van der Waals surface area (Å²) in [5.41, 5.74) is 2.13. The Morgan fingerprint density at radius 2 is 1.83 bits per heavy atom. The van der Waals surface area contributed by atoms with Crippen LogP contribution in [0.4, 0.5) is 17.1 Å². The molecule has 2 aromatic rings. The Morgan fingerprint density at radius 3 is 2.48 bits per heavy atom. The first kappa shape index (κ1) is 16.7. The van der Waals surface area contributed by atoms with Gasteiger partial charge in [-0.15, -0.1) is 0 Å². The summed E-state index contributed by atoms with van der Waals surface area (Å²) in [6, 6.07) is 8.12. The third-order valence-electron chi connectivity index (χ3n) is 2.76. The van der Waals surface area contributed by atoms with Gasteiger partial charge >= 0.3 is 5.69 Å². The number of halogens is 2. The highest BCUT2D eigenvalue weighted by Gasteiger charge is 2.19. The Balaban J connectivity index is 2.26. The maximum atomic E-state index is 11.0. The van der Waals surface area contributed by atoms with Crippen LogP contribution in [0.1, 0.15) is 5.56 Å². The zero-order valence-corrected chi connectivity index (χ0v) is 12.8. The first-order valence-electron chi connectivity index (χ1n) is 6.06. The van der Waals surface area contributed by atoms with Crippen molar-refractivity contribution in [1.82, 2.24) is 0 Å². The zero-order valence-electron chi connectivity index (χ0n) is 11.3. The molecule has 0 atom stereocenters. The van der Waals surface area contributed by atoms with Crippen molar-refractivity contribution in [2.24, 2.45) is 5.10 Å². The molecule has 0 aliphatic carbocycles. The summed E-state index contributed by atoms with van der Waals surface area (Å²) in [6.07, 6.45) is 1.33. The average Bonchev–Trinajstić information content (AvgIpc) is 2.51. The van der Waals surface area contributed by atoms with Crippen LogP contribution in [-0.2, 0) is 0 Å². The molecule has 0 bridgehead atoms. The van der Waals surface area contributed by atoms with Crippen molar-refractivity contribution in [2.75, 3.05) is 5.43 Å². The van der Waals surface area contributed by atoms with Gasteiger partial charge in [-0.3, -0.25) is 25.7 Å². The lowest BCUT2D eigenvalue weighted by molar-refractivity contribution is -0.393. The monoisotopic (exact) mass is 354 g/mol. The molecule has 0 heterocycles. The lowest BCUT2D eigenvalue weighted by Gasteiger charge is -2.03. The van der Waals surface area contributed by atoms with Crippen LogP contribution in [0.25, 0.3) is 0 Å². The van der Waals surface area contributed by atoms with Crippen LogP contribution < -0.4 is 5.43 Å². The second-order valence-corrected chi connectivity index (χ2v) is 5.01. The van der Waals surface area contributed by atoms with E-state index in [1.807, 2.05) is 0 Å². The molecule has 0 saturated heterocycles. The molecule has 23 heavy (non-hydrogen) atoms. The predicted octanol–water partition coefficient (Wildman–Crippen LogP) is 4.26. The van der Waals surface area contributed by atoms with Crippen molar-refractivity contribution in [3.63, 3.8) is 0 Å². The summed E-state index contributed by atoms with van der Waals surface area (Å²) >= 11 is 11.8. The topological polar surface area (TPSA) is 111 Å². The molecule has 1 N–H and O–H groups in total. The molecule has 118 valence electrons. The molecule has 0 aliphatic heterocycles. The molecule has 2 rings (SSSR count). The van der Waals surface area contributed by atoms with Gasteiger partial charge in [0.2, 0.25) is 0 Å². The Labute approximate surface area is 139 Å². The van der Waals surface area contributed by atoms with Crippen molar-refractivity contribution in [3.8, 4) is 0 Å². The van der Waals surface area contributed by atoms with E-state index in [-0.39, 0.29) is 16.4 Å². The minimum atomic E-state index is -0.739. The summed E-state index contributed by atoms with van der Waals surface area (Å²) < 4.78 is 0. The summed E-state index contributed by atoms with van der Waals surface area (Å²) in [7, 11) is 0. The lowest BCUT2D eigenvalue weighted by atomic mass is 10.2. The fourth-order valence-corrected chi connectivity index (χ4v) is 2.03. The van der Waals surface area contributed by atoms with E-state index >= 15 is 0 Å². The van der Waals surface area contributed by atoms with Crippen molar-refractivity contribution in [3.05, 3.63) is 72.2 Å². The van der Waals surface area contributed by atoms with Gasteiger partial charge in [0.05, 0.1) is 32.2 Å². The van der Waals surface area contributed by atoms with E-state index in [1.54, 1.807) is 18.2 Å². The van der Waals surface area contributed by atoms with Crippen molar-refractivity contribution in [1.29, 1.82) is 0 Å². The molecule has 0 unspecified atom stereocenters. The molecular weight excluding hydrogens is 347 g/mol. The van der Waals surface area contributed by atoms with Gasteiger partial charge in [0.1, 0.15) is 5.69 Å². The maximum Gasteiger partial charge on any atom is 0.301 e. The molecule has 8 nitrogen and oxygen atoms in total. The number of nitrogens with one attached hydrogen (secondary N) is 1. The van der Waals surface area contributed by atoms with Gasteiger partial charge in [-0.25, -0.2) is 0 Å². The highest BCUT2D eigenvalue weighted by molar-refractivity contribution is 6.43. The van der Waals surface area contributed by atoms with Gasteiger partial charge in [0, 0.05) is 11.6 Å². The maximum absolute atomic E-state index is 11.0. The van der Waals surface area contributed by atoms with Crippen LogP contribution >= 0.6 is 23.2 Å². The molecule has 10 heteroatoms. The second-order valence-electron chi connectivity index (χ2n) is 4.23. The Hall–Kier alpha value is -2.71. The standard InChI is InChI=1S/C13H8Cl2N4O4/c14-10-3-1-2-8(13(10)15)7-16-17-11-5-4-9(18(20)21)6-12(11)19(22)23/h1-7,17H/b16-7+. The molecule has 2 aromatic carbocycles. The summed E-state index contributed by atoms with van der Waals surface area (Å²) in [6.45, 7) is 0. The van der Waals surface area contributed by atoms with Crippen LogP contribution in [-0.4, -0.2) is 16.1 Å². The van der Waals surface area contributed by atoms with E-state index in [1.165, 1.54) is 12.3 Å². The van der Waals surface area contributed by atoms with Gasteiger partial charge in [-0.1, -0.05) is 35.3 Å². The third-order valence-corrected chi connectivity index (χ3v) is 3.59. The SMILES string of the molecule is O=[N+]([O-])c1ccc(N/N=C/c2cccc(Cl)c2Cl)c([N+](=O)[O-])c1. The fraction of sp³-hybridized carbons (Fsp3) is 0. The number of hydrazone groups is 1. The highest BCUT2D eigenvalue weighted by atomic mass is 35.5. The van der Waals surface area contributed by atoms with Gasteiger partial charge in [-0.2, -0.15) is 5.10 Å². The smallest absolute Gasteiger partial charge is 0.272 e. The normalized spacial score (nSPS) is 10.7. The van der Waals surface area contributed by atoms with E-state index in [0.717, 1.165) is 12.1 Å². The molecule has 0 aromatic heterocycles. The van der Waals surface area contributed by atoms with E-state index in [9.17, 15) is 20.2 Å². The van der Waals surface area contributed by atoms with Crippen LogP contribution in [0.15, 0.2) is 41.5 Å². The molecule has 0 amide bonds. The second kappa shape index (κ2) is 7.03. The molecule has 0 spiro atoms. The Morgan fingerprint density at radius 1 is 1.09 bits per heavy atom. The minimum Gasteiger partial charge on any atom is -0.272 e. The quantitative estimate of drug-likeness (QED) is 0.489. The number of rotatable bonds is 5. The van der Waals surface area contributed by atoms with E-state index in [0.29, 0.717) is 10.6 Å². The van der Waals surface area contributed by atoms with Crippen LogP contribution in [0.2, 0.25) is 10.0 Å².